The highest BCUT2D eigenvalue weighted by molar-refractivity contribution is 6.30. The molecular formula is C11H10ClF3. The summed E-state index contributed by atoms with van der Waals surface area (Å²) in [7, 11) is 0. The van der Waals surface area contributed by atoms with Gasteiger partial charge < -0.3 is 0 Å². The zero-order chi connectivity index (χ0) is 11.1. The highest BCUT2D eigenvalue weighted by Crippen LogP contribution is 2.40. The van der Waals surface area contributed by atoms with Crippen LogP contribution in [-0.2, 0) is 6.18 Å². The quantitative estimate of drug-likeness (QED) is 0.665. The molecule has 0 N–H and O–H groups in total. The maximum Gasteiger partial charge on any atom is 0.416 e. The second-order valence-corrected chi connectivity index (χ2v) is 4.34. The molecule has 0 spiro atoms. The number of hydrogen-bond donors (Lipinski definition) is 0. The largest absolute Gasteiger partial charge is 0.416 e. The fourth-order valence-electron chi connectivity index (χ4n) is 1.75. The Hall–Kier alpha value is -0.700. The molecule has 1 fully saturated rings. The first-order valence-electron chi connectivity index (χ1n) is 4.84. The zero-order valence-electron chi connectivity index (χ0n) is 7.94. The molecule has 0 unspecified atom stereocenters. The van der Waals surface area contributed by atoms with Crippen LogP contribution in [0.25, 0.3) is 0 Å². The van der Waals surface area contributed by atoms with Crippen molar-refractivity contribution in [2.24, 2.45) is 0 Å². The summed E-state index contributed by atoms with van der Waals surface area (Å²) < 4.78 is 37.4. The molecule has 1 aliphatic rings. The smallest absolute Gasteiger partial charge is 0.166 e. The summed E-state index contributed by atoms with van der Waals surface area (Å²) in [4.78, 5) is 0. The van der Waals surface area contributed by atoms with Crippen molar-refractivity contribution in [1.82, 2.24) is 0 Å². The number of alkyl halides is 3. The summed E-state index contributed by atoms with van der Waals surface area (Å²) in [6, 6.07) is 3.83. The van der Waals surface area contributed by atoms with Gasteiger partial charge in [0.15, 0.2) is 0 Å². The van der Waals surface area contributed by atoms with Crippen LogP contribution in [0, 0.1) is 0 Å². The van der Waals surface area contributed by atoms with Crippen LogP contribution in [0.4, 0.5) is 13.2 Å². The maximum absolute atomic E-state index is 12.5. The van der Waals surface area contributed by atoms with Crippen LogP contribution in [0.3, 0.4) is 0 Å². The van der Waals surface area contributed by atoms with Gasteiger partial charge in [-0.25, -0.2) is 0 Å². The normalized spacial score (nSPS) is 17.6. The molecule has 0 aromatic heterocycles. The first-order chi connectivity index (χ1) is 6.97. The van der Waals surface area contributed by atoms with Gasteiger partial charge in [0.1, 0.15) is 0 Å². The van der Waals surface area contributed by atoms with Crippen LogP contribution in [0.5, 0.6) is 0 Å². The Kier molecular flexibility index (Phi) is 2.67. The minimum atomic E-state index is -4.30. The molecular weight excluding hydrogens is 225 g/mol. The third-order valence-corrected chi connectivity index (χ3v) is 3.04. The average Bonchev–Trinajstić information content (AvgIpc) is 1.97. The van der Waals surface area contributed by atoms with Crippen molar-refractivity contribution in [3.05, 3.63) is 34.3 Å². The summed E-state index contributed by atoms with van der Waals surface area (Å²) in [6.45, 7) is 0. The highest BCUT2D eigenvalue weighted by Gasteiger charge is 2.32. The van der Waals surface area contributed by atoms with Crippen LogP contribution in [-0.4, -0.2) is 0 Å². The number of rotatable bonds is 1. The van der Waals surface area contributed by atoms with Crippen LogP contribution < -0.4 is 0 Å². The number of benzene rings is 1. The lowest BCUT2D eigenvalue weighted by atomic mass is 9.79. The van der Waals surface area contributed by atoms with E-state index in [9.17, 15) is 13.2 Å². The van der Waals surface area contributed by atoms with Gasteiger partial charge in [-0.15, -0.1) is 0 Å². The van der Waals surface area contributed by atoms with Gasteiger partial charge in [-0.2, -0.15) is 13.2 Å². The average molecular weight is 235 g/mol. The van der Waals surface area contributed by atoms with E-state index in [0.717, 1.165) is 30.9 Å². The molecule has 0 atom stereocenters. The number of halogens is 4. The topological polar surface area (TPSA) is 0 Å². The molecule has 2 rings (SSSR count). The van der Waals surface area contributed by atoms with E-state index in [4.69, 9.17) is 11.6 Å². The van der Waals surface area contributed by atoms with Crippen molar-refractivity contribution in [2.45, 2.75) is 31.4 Å². The van der Waals surface area contributed by atoms with Crippen LogP contribution in [0.1, 0.15) is 36.3 Å². The minimum absolute atomic E-state index is 0.173. The molecule has 0 bridgehead atoms. The Balaban J connectivity index is 2.36. The number of hydrogen-bond acceptors (Lipinski definition) is 0. The Morgan fingerprint density at radius 3 is 2.27 bits per heavy atom. The van der Waals surface area contributed by atoms with E-state index in [2.05, 4.69) is 0 Å². The third-order valence-electron chi connectivity index (χ3n) is 2.82. The Labute approximate surface area is 91.1 Å². The molecule has 1 aromatic carbocycles. The summed E-state index contributed by atoms with van der Waals surface area (Å²) in [5.41, 5.74) is 0.0815. The summed E-state index contributed by atoms with van der Waals surface area (Å²) in [6.07, 6.45) is -1.27. The van der Waals surface area contributed by atoms with E-state index in [-0.39, 0.29) is 10.9 Å². The Morgan fingerprint density at radius 2 is 1.80 bits per heavy atom. The van der Waals surface area contributed by atoms with Gasteiger partial charge in [-0.1, -0.05) is 18.0 Å². The second-order valence-electron chi connectivity index (χ2n) is 3.90. The predicted octanol–water partition coefficient (Wildman–Crippen LogP) is 4.63. The van der Waals surface area contributed by atoms with E-state index >= 15 is 0 Å². The van der Waals surface area contributed by atoms with Gasteiger partial charge >= 0.3 is 6.18 Å². The van der Waals surface area contributed by atoms with Crippen molar-refractivity contribution in [2.75, 3.05) is 0 Å². The molecule has 4 heteroatoms. The van der Waals surface area contributed by atoms with Crippen LogP contribution >= 0.6 is 11.6 Å². The molecule has 1 saturated carbocycles. The summed E-state index contributed by atoms with van der Waals surface area (Å²) in [5.74, 6) is 0.268. The lowest BCUT2D eigenvalue weighted by Gasteiger charge is -2.26. The minimum Gasteiger partial charge on any atom is -0.166 e. The van der Waals surface area contributed by atoms with Gasteiger partial charge in [-0.3, -0.25) is 0 Å². The lowest BCUT2D eigenvalue weighted by molar-refractivity contribution is -0.137. The van der Waals surface area contributed by atoms with Crippen LogP contribution in [0.15, 0.2) is 18.2 Å². The van der Waals surface area contributed by atoms with Crippen LogP contribution in [0.2, 0.25) is 5.02 Å². The van der Waals surface area contributed by atoms with Crippen molar-refractivity contribution in [3.8, 4) is 0 Å². The maximum atomic E-state index is 12.5. The fourth-order valence-corrected chi connectivity index (χ4v) is 2.00. The van der Waals surface area contributed by atoms with E-state index in [1.54, 1.807) is 6.07 Å². The molecule has 15 heavy (non-hydrogen) atoms. The fraction of sp³-hybridized carbons (Fsp3) is 0.455. The van der Waals surface area contributed by atoms with Crippen molar-refractivity contribution >= 4 is 11.6 Å². The van der Waals surface area contributed by atoms with Gasteiger partial charge in [0.05, 0.1) is 5.56 Å². The van der Waals surface area contributed by atoms with Gasteiger partial charge in [-0.05, 0) is 42.5 Å². The third kappa shape index (κ3) is 2.28. The first-order valence-corrected chi connectivity index (χ1v) is 5.22. The van der Waals surface area contributed by atoms with E-state index in [1.807, 2.05) is 0 Å². The molecule has 0 aliphatic heterocycles. The highest BCUT2D eigenvalue weighted by atomic mass is 35.5. The Morgan fingerprint density at radius 1 is 1.13 bits per heavy atom. The van der Waals surface area contributed by atoms with E-state index in [0.29, 0.717) is 0 Å². The Bertz CT molecular complexity index is 367. The van der Waals surface area contributed by atoms with Crippen molar-refractivity contribution in [1.29, 1.82) is 0 Å². The molecule has 1 aromatic rings. The van der Waals surface area contributed by atoms with Gasteiger partial charge in [0.25, 0.3) is 0 Å². The van der Waals surface area contributed by atoms with Gasteiger partial charge in [0.2, 0.25) is 0 Å². The van der Waals surface area contributed by atoms with Crippen molar-refractivity contribution < 1.29 is 13.2 Å². The lowest BCUT2D eigenvalue weighted by Crippen LogP contribution is -2.11. The van der Waals surface area contributed by atoms with Gasteiger partial charge in [0, 0.05) is 5.02 Å². The molecule has 1 aliphatic carbocycles. The van der Waals surface area contributed by atoms with Crippen molar-refractivity contribution in [3.63, 3.8) is 0 Å². The molecule has 0 radical (unpaired) electrons. The first kappa shape index (κ1) is 10.8. The standard InChI is InChI=1S/C11H10ClF3/c12-10-5-8(7-2-1-3-7)4-9(6-10)11(13,14)15/h4-7H,1-3H2. The summed E-state index contributed by atoms with van der Waals surface area (Å²) in [5, 5.41) is 0.173. The SMILES string of the molecule is FC(F)(F)c1cc(Cl)cc(C2CCC2)c1. The molecule has 0 saturated heterocycles. The van der Waals surface area contributed by atoms with E-state index in [1.165, 1.54) is 6.07 Å². The molecule has 82 valence electrons. The second kappa shape index (κ2) is 3.71. The summed E-state index contributed by atoms with van der Waals surface area (Å²) >= 11 is 5.68. The predicted molar refractivity (Wildman–Crippen MR) is 53.0 cm³/mol. The molecule has 0 amide bonds. The zero-order valence-corrected chi connectivity index (χ0v) is 8.70. The molecule has 0 heterocycles. The monoisotopic (exact) mass is 234 g/mol. The van der Waals surface area contributed by atoms with E-state index < -0.39 is 11.7 Å². The molecule has 0 nitrogen and oxygen atoms in total.